The fraction of sp³-hybridized carbons (Fsp3) is 0.444. The van der Waals surface area contributed by atoms with Crippen molar-refractivity contribution in [3.8, 4) is 0 Å². The summed E-state index contributed by atoms with van der Waals surface area (Å²) in [6, 6.07) is 1.78. The molecule has 8 nitrogen and oxygen atoms in total. The van der Waals surface area contributed by atoms with E-state index in [1.165, 1.54) is 11.8 Å². The zero-order chi connectivity index (χ0) is 12.5. The van der Waals surface area contributed by atoms with Crippen LogP contribution in [0.25, 0.3) is 0 Å². The fourth-order valence-corrected chi connectivity index (χ4v) is 2.24. The zero-order valence-electron chi connectivity index (χ0n) is 9.74. The van der Waals surface area contributed by atoms with Crippen molar-refractivity contribution in [2.75, 3.05) is 5.43 Å². The Balaban J connectivity index is 1.90. The van der Waals surface area contributed by atoms with Crippen LogP contribution >= 0.6 is 11.8 Å². The van der Waals surface area contributed by atoms with Crippen molar-refractivity contribution >= 4 is 17.6 Å². The minimum Gasteiger partial charge on any atom is -0.308 e. The Morgan fingerprint density at radius 2 is 2.28 bits per heavy atom. The average molecular weight is 264 g/mol. The zero-order valence-corrected chi connectivity index (χ0v) is 10.6. The van der Waals surface area contributed by atoms with Crippen molar-refractivity contribution in [3.63, 3.8) is 0 Å². The number of hydrogen-bond acceptors (Lipinski definition) is 8. The lowest BCUT2D eigenvalue weighted by molar-refractivity contribution is 0.664. The molecule has 1 aliphatic carbocycles. The maximum Gasteiger partial charge on any atom is 0.215 e. The third-order valence-corrected chi connectivity index (χ3v) is 3.53. The van der Waals surface area contributed by atoms with Gasteiger partial charge in [-0.15, -0.1) is 5.10 Å². The molecule has 1 fully saturated rings. The third-order valence-electron chi connectivity index (χ3n) is 2.59. The number of nitrogen functional groups attached to an aromatic ring is 1. The van der Waals surface area contributed by atoms with Crippen molar-refractivity contribution in [2.45, 2.75) is 28.9 Å². The van der Waals surface area contributed by atoms with Gasteiger partial charge >= 0.3 is 0 Å². The van der Waals surface area contributed by atoms with Gasteiger partial charge in [-0.05, 0) is 35.0 Å². The maximum atomic E-state index is 5.42. The summed E-state index contributed by atoms with van der Waals surface area (Å²) in [5.41, 5.74) is 2.56. The first kappa shape index (κ1) is 11.4. The molecule has 1 aliphatic rings. The summed E-state index contributed by atoms with van der Waals surface area (Å²) in [7, 11) is 1.79. The number of tetrazole rings is 1. The highest BCUT2D eigenvalue weighted by molar-refractivity contribution is 7.99. The normalized spacial score (nSPS) is 14.8. The highest BCUT2D eigenvalue weighted by Crippen LogP contribution is 2.39. The molecule has 0 aliphatic heterocycles. The molecule has 18 heavy (non-hydrogen) atoms. The Morgan fingerprint density at radius 1 is 1.44 bits per heavy atom. The summed E-state index contributed by atoms with van der Waals surface area (Å²) in [4.78, 5) is 8.85. The number of nitrogens with zero attached hydrogens (tertiary/aromatic N) is 6. The molecule has 0 atom stereocenters. The van der Waals surface area contributed by atoms with Gasteiger partial charge in [0.15, 0.2) is 0 Å². The number of aromatic nitrogens is 6. The predicted octanol–water partition coefficient (Wildman–Crippen LogP) is 0.314. The number of hydrazine groups is 1. The largest absolute Gasteiger partial charge is 0.308 e. The van der Waals surface area contributed by atoms with Gasteiger partial charge in [-0.1, -0.05) is 0 Å². The van der Waals surface area contributed by atoms with E-state index in [0.717, 1.165) is 23.7 Å². The van der Waals surface area contributed by atoms with Crippen LogP contribution in [0.15, 0.2) is 16.2 Å². The first-order chi connectivity index (χ1) is 8.76. The number of hydrogen-bond donors (Lipinski definition) is 2. The van der Waals surface area contributed by atoms with E-state index in [2.05, 4.69) is 30.9 Å². The Bertz CT molecular complexity index is 563. The predicted molar refractivity (Wildman–Crippen MR) is 64.7 cm³/mol. The van der Waals surface area contributed by atoms with Gasteiger partial charge in [0.1, 0.15) is 16.7 Å². The molecule has 0 unspecified atom stereocenters. The summed E-state index contributed by atoms with van der Waals surface area (Å²) in [6.07, 6.45) is 2.29. The SMILES string of the molecule is Cn1nnnc1Sc1cc(NN)nc(C2CC2)n1. The van der Waals surface area contributed by atoms with Gasteiger partial charge in [0.25, 0.3) is 0 Å². The van der Waals surface area contributed by atoms with E-state index in [-0.39, 0.29) is 0 Å². The van der Waals surface area contributed by atoms with Crippen molar-refractivity contribution in [1.82, 2.24) is 30.2 Å². The van der Waals surface area contributed by atoms with Gasteiger partial charge < -0.3 is 5.43 Å². The maximum absolute atomic E-state index is 5.42. The Hall–Kier alpha value is -1.74. The smallest absolute Gasteiger partial charge is 0.215 e. The second-order valence-corrected chi connectivity index (χ2v) is 5.04. The molecule has 0 bridgehead atoms. The van der Waals surface area contributed by atoms with E-state index in [4.69, 9.17) is 5.84 Å². The average Bonchev–Trinajstić information content (AvgIpc) is 3.15. The number of nitrogens with one attached hydrogen (secondary N) is 1. The first-order valence-electron chi connectivity index (χ1n) is 5.52. The van der Waals surface area contributed by atoms with Gasteiger partial charge in [-0.25, -0.2) is 20.5 Å². The van der Waals surface area contributed by atoms with Crippen LogP contribution in [0, 0.1) is 0 Å². The summed E-state index contributed by atoms with van der Waals surface area (Å²) in [6.45, 7) is 0. The van der Waals surface area contributed by atoms with Crippen molar-refractivity contribution < 1.29 is 0 Å². The molecule has 2 heterocycles. The summed E-state index contributed by atoms with van der Waals surface area (Å²) >= 11 is 1.39. The standard InChI is InChI=1S/C9H12N8S/c1-17-9(14-15-16-17)18-7-4-6(13-10)11-8(12-7)5-2-3-5/h4-5H,2-3,10H2,1H3,(H,11,12,13). The summed E-state index contributed by atoms with van der Waals surface area (Å²) < 4.78 is 1.60. The molecule has 0 amide bonds. The molecular formula is C9H12N8S. The number of nitrogens with two attached hydrogens (primary N) is 1. The number of rotatable bonds is 4. The molecule has 1 saturated carbocycles. The summed E-state index contributed by atoms with van der Waals surface area (Å²) in [5, 5.41) is 12.7. The molecule has 3 rings (SSSR count). The van der Waals surface area contributed by atoms with Crippen LogP contribution < -0.4 is 11.3 Å². The van der Waals surface area contributed by atoms with E-state index < -0.39 is 0 Å². The summed E-state index contributed by atoms with van der Waals surface area (Å²) in [5.74, 6) is 7.34. The van der Waals surface area contributed by atoms with Gasteiger partial charge in [-0.2, -0.15) is 0 Å². The van der Waals surface area contributed by atoms with Gasteiger partial charge in [0.2, 0.25) is 5.16 Å². The molecule has 3 N–H and O–H groups in total. The molecular weight excluding hydrogens is 252 g/mol. The van der Waals surface area contributed by atoms with Crippen molar-refractivity contribution in [2.24, 2.45) is 12.9 Å². The first-order valence-corrected chi connectivity index (χ1v) is 6.33. The lowest BCUT2D eigenvalue weighted by atomic mass is 10.4. The highest BCUT2D eigenvalue weighted by Gasteiger charge is 2.27. The van der Waals surface area contributed by atoms with E-state index in [1.54, 1.807) is 17.8 Å². The second-order valence-electron chi connectivity index (χ2n) is 4.06. The minimum atomic E-state index is 0.468. The van der Waals surface area contributed by atoms with E-state index in [1.807, 2.05) is 0 Å². The van der Waals surface area contributed by atoms with Gasteiger partial charge in [0, 0.05) is 19.0 Å². The van der Waals surface area contributed by atoms with Crippen LogP contribution in [-0.4, -0.2) is 30.2 Å². The third kappa shape index (κ3) is 2.27. The van der Waals surface area contributed by atoms with E-state index in [0.29, 0.717) is 16.9 Å². The van der Waals surface area contributed by atoms with Crippen LogP contribution in [0.1, 0.15) is 24.6 Å². The molecule has 9 heteroatoms. The number of aryl methyl sites for hydroxylation is 1. The van der Waals surface area contributed by atoms with Crippen LogP contribution in [0.3, 0.4) is 0 Å². The van der Waals surface area contributed by atoms with E-state index >= 15 is 0 Å². The lowest BCUT2D eigenvalue weighted by Crippen LogP contribution is -2.10. The Kier molecular flexibility index (Phi) is 2.84. The Morgan fingerprint density at radius 3 is 2.89 bits per heavy atom. The number of anilines is 1. The molecule has 2 aromatic rings. The highest BCUT2D eigenvalue weighted by atomic mass is 32.2. The molecule has 0 aromatic carbocycles. The van der Waals surface area contributed by atoms with Crippen LogP contribution in [0.5, 0.6) is 0 Å². The van der Waals surface area contributed by atoms with Crippen LogP contribution in [0.4, 0.5) is 5.82 Å². The Labute approximate surface area is 107 Å². The molecule has 94 valence electrons. The topological polar surface area (TPSA) is 107 Å². The second kappa shape index (κ2) is 4.50. The van der Waals surface area contributed by atoms with Gasteiger partial charge in [-0.3, -0.25) is 0 Å². The van der Waals surface area contributed by atoms with Gasteiger partial charge in [0.05, 0.1) is 0 Å². The van der Waals surface area contributed by atoms with E-state index in [9.17, 15) is 0 Å². The molecule has 0 radical (unpaired) electrons. The van der Waals surface area contributed by atoms with Crippen molar-refractivity contribution in [1.29, 1.82) is 0 Å². The van der Waals surface area contributed by atoms with Crippen molar-refractivity contribution in [3.05, 3.63) is 11.9 Å². The quantitative estimate of drug-likeness (QED) is 0.461. The van der Waals surface area contributed by atoms with Crippen LogP contribution in [0.2, 0.25) is 0 Å². The molecule has 2 aromatic heterocycles. The molecule has 0 saturated heterocycles. The monoisotopic (exact) mass is 264 g/mol. The lowest BCUT2D eigenvalue weighted by Gasteiger charge is -2.05. The fourth-order valence-electron chi connectivity index (χ4n) is 1.49. The molecule has 0 spiro atoms. The minimum absolute atomic E-state index is 0.468. The van der Waals surface area contributed by atoms with Crippen LogP contribution in [-0.2, 0) is 7.05 Å².